The first-order chi connectivity index (χ1) is 7.12. The van der Waals surface area contributed by atoms with Gasteiger partial charge >= 0.3 is 0 Å². The molecule has 16 heavy (non-hydrogen) atoms. The van der Waals surface area contributed by atoms with Crippen molar-refractivity contribution in [3.8, 4) is 0 Å². The molecule has 1 aliphatic carbocycles. The second-order valence-corrected chi connectivity index (χ2v) is 7.75. The highest BCUT2D eigenvalue weighted by Crippen LogP contribution is 2.39. The van der Waals surface area contributed by atoms with Crippen LogP contribution in [0, 0.1) is 16.7 Å². The van der Waals surface area contributed by atoms with Crippen LogP contribution in [-0.2, 0) is 0 Å². The summed E-state index contributed by atoms with van der Waals surface area (Å²) in [5.74, 6) is 0.813. The Balaban J connectivity index is 2.51. The SMILES string of the molecule is CC1CC(C)(C)CCC1NC(C)C(C)(C)C. The summed E-state index contributed by atoms with van der Waals surface area (Å²) < 4.78 is 0. The van der Waals surface area contributed by atoms with Crippen molar-refractivity contribution in [1.82, 2.24) is 5.32 Å². The molecule has 1 fully saturated rings. The molecule has 0 aromatic rings. The summed E-state index contributed by atoms with van der Waals surface area (Å²) in [6.45, 7) is 16.5. The Morgan fingerprint density at radius 1 is 1.25 bits per heavy atom. The van der Waals surface area contributed by atoms with Crippen LogP contribution in [0.4, 0.5) is 0 Å². The van der Waals surface area contributed by atoms with E-state index in [1.54, 1.807) is 0 Å². The highest BCUT2D eigenvalue weighted by atomic mass is 15.0. The van der Waals surface area contributed by atoms with Gasteiger partial charge in [0.25, 0.3) is 0 Å². The maximum atomic E-state index is 3.85. The molecule has 0 heterocycles. The fourth-order valence-electron chi connectivity index (χ4n) is 2.77. The average molecular weight is 225 g/mol. The predicted octanol–water partition coefficient (Wildman–Crippen LogP) is 4.23. The van der Waals surface area contributed by atoms with Gasteiger partial charge in [0.15, 0.2) is 0 Å². The van der Waals surface area contributed by atoms with Crippen molar-refractivity contribution < 1.29 is 0 Å². The van der Waals surface area contributed by atoms with E-state index in [4.69, 9.17) is 0 Å². The first-order valence-electron chi connectivity index (χ1n) is 6.88. The molecule has 0 aromatic heterocycles. The summed E-state index contributed by atoms with van der Waals surface area (Å²) in [5, 5.41) is 3.85. The molecule has 0 aromatic carbocycles. The topological polar surface area (TPSA) is 12.0 Å². The second kappa shape index (κ2) is 4.68. The van der Waals surface area contributed by atoms with Crippen molar-refractivity contribution in [2.45, 2.75) is 79.8 Å². The van der Waals surface area contributed by atoms with Gasteiger partial charge in [-0.15, -0.1) is 0 Å². The molecular formula is C15H31N. The molecule has 1 saturated carbocycles. The molecule has 1 rings (SSSR count). The summed E-state index contributed by atoms with van der Waals surface area (Å²) in [6, 6.07) is 1.32. The van der Waals surface area contributed by atoms with Gasteiger partial charge in [-0.3, -0.25) is 0 Å². The molecule has 1 N–H and O–H groups in total. The van der Waals surface area contributed by atoms with E-state index in [0.29, 0.717) is 16.9 Å². The van der Waals surface area contributed by atoms with Gasteiger partial charge in [-0.2, -0.15) is 0 Å². The molecular weight excluding hydrogens is 194 g/mol. The minimum atomic E-state index is 0.368. The van der Waals surface area contributed by atoms with Gasteiger partial charge in [-0.1, -0.05) is 41.5 Å². The Bertz CT molecular complexity index is 224. The molecule has 96 valence electrons. The lowest BCUT2D eigenvalue weighted by molar-refractivity contribution is 0.126. The van der Waals surface area contributed by atoms with Crippen LogP contribution in [0.5, 0.6) is 0 Å². The largest absolute Gasteiger partial charge is 0.311 e. The molecule has 1 aliphatic rings. The van der Waals surface area contributed by atoms with Crippen LogP contribution in [0.1, 0.15) is 67.7 Å². The monoisotopic (exact) mass is 225 g/mol. The number of rotatable bonds is 2. The number of nitrogens with one attached hydrogen (secondary N) is 1. The van der Waals surface area contributed by atoms with Crippen molar-refractivity contribution in [3.05, 3.63) is 0 Å². The molecule has 0 aliphatic heterocycles. The maximum absolute atomic E-state index is 3.85. The standard InChI is InChI=1S/C15H31N/c1-11-10-15(6,7)9-8-13(11)16-12(2)14(3,4)5/h11-13,16H,8-10H2,1-7H3. The minimum absolute atomic E-state index is 0.368. The normalized spacial score (nSPS) is 32.4. The van der Waals surface area contributed by atoms with Crippen LogP contribution in [0.3, 0.4) is 0 Å². The summed E-state index contributed by atoms with van der Waals surface area (Å²) in [7, 11) is 0. The molecule has 1 nitrogen and oxygen atoms in total. The zero-order valence-corrected chi connectivity index (χ0v) is 12.4. The quantitative estimate of drug-likeness (QED) is 0.742. The summed E-state index contributed by atoms with van der Waals surface area (Å²) in [5.41, 5.74) is 0.926. The lowest BCUT2D eigenvalue weighted by atomic mass is 9.70. The van der Waals surface area contributed by atoms with E-state index in [2.05, 4.69) is 53.8 Å². The van der Waals surface area contributed by atoms with E-state index in [-0.39, 0.29) is 0 Å². The van der Waals surface area contributed by atoms with E-state index in [9.17, 15) is 0 Å². The van der Waals surface area contributed by atoms with Crippen LogP contribution in [0.25, 0.3) is 0 Å². The van der Waals surface area contributed by atoms with Gasteiger partial charge in [-0.05, 0) is 42.9 Å². The number of hydrogen-bond donors (Lipinski definition) is 1. The van der Waals surface area contributed by atoms with E-state index < -0.39 is 0 Å². The van der Waals surface area contributed by atoms with E-state index in [0.717, 1.165) is 12.0 Å². The Morgan fingerprint density at radius 2 is 1.81 bits per heavy atom. The van der Waals surface area contributed by atoms with E-state index in [1.807, 2.05) is 0 Å². The highest BCUT2D eigenvalue weighted by Gasteiger charge is 2.34. The first kappa shape index (κ1) is 14.0. The highest BCUT2D eigenvalue weighted by molar-refractivity contribution is 4.89. The lowest BCUT2D eigenvalue weighted by Crippen LogP contribution is -2.49. The van der Waals surface area contributed by atoms with Gasteiger partial charge in [-0.25, -0.2) is 0 Å². The third-order valence-corrected chi connectivity index (χ3v) is 4.46. The fraction of sp³-hybridized carbons (Fsp3) is 1.00. The summed E-state index contributed by atoms with van der Waals surface area (Å²) in [6.07, 6.45) is 4.07. The lowest BCUT2D eigenvalue weighted by Gasteiger charge is -2.42. The fourth-order valence-corrected chi connectivity index (χ4v) is 2.77. The third kappa shape index (κ3) is 3.76. The predicted molar refractivity (Wildman–Crippen MR) is 72.6 cm³/mol. The van der Waals surface area contributed by atoms with Crippen LogP contribution in [0.2, 0.25) is 0 Å². The Hall–Kier alpha value is -0.0400. The van der Waals surface area contributed by atoms with Crippen molar-refractivity contribution in [1.29, 1.82) is 0 Å². The van der Waals surface area contributed by atoms with E-state index in [1.165, 1.54) is 19.3 Å². The average Bonchev–Trinajstić information content (AvgIpc) is 2.07. The zero-order valence-electron chi connectivity index (χ0n) is 12.4. The molecule has 1 heteroatoms. The molecule has 0 saturated heterocycles. The van der Waals surface area contributed by atoms with Gasteiger partial charge in [0.05, 0.1) is 0 Å². The summed E-state index contributed by atoms with van der Waals surface area (Å²) >= 11 is 0. The Morgan fingerprint density at radius 3 is 2.25 bits per heavy atom. The second-order valence-electron chi connectivity index (χ2n) is 7.75. The minimum Gasteiger partial charge on any atom is -0.311 e. The molecule has 0 spiro atoms. The molecule has 0 radical (unpaired) electrons. The number of hydrogen-bond acceptors (Lipinski definition) is 1. The van der Waals surface area contributed by atoms with Gasteiger partial charge in [0, 0.05) is 12.1 Å². The Labute approximate surface area is 102 Å². The maximum Gasteiger partial charge on any atom is 0.00957 e. The van der Waals surface area contributed by atoms with Crippen LogP contribution in [-0.4, -0.2) is 12.1 Å². The van der Waals surface area contributed by atoms with E-state index >= 15 is 0 Å². The first-order valence-corrected chi connectivity index (χ1v) is 6.88. The third-order valence-electron chi connectivity index (χ3n) is 4.46. The van der Waals surface area contributed by atoms with Crippen molar-refractivity contribution in [3.63, 3.8) is 0 Å². The van der Waals surface area contributed by atoms with Gasteiger partial charge in [0.1, 0.15) is 0 Å². The molecule has 0 bridgehead atoms. The van der Waals surface area contributed by atoms with Crippen molar-refractivity contribution in [2.75, 3.05) is 0 Å². The van der Waals surface area contributed by atoms with Crippen molar-refractivity contribution in [2.24, 2.45) is 16.7 Å². The Kier molecular flexibility index (Phi) is 4.10. The smallest absolute Gasteiger partial charge is 0.00957 e. The van der Waals surface area contributed by atoms with Gasteiger partial charge < -0.3 is 5.32 Å². The van der Waals surface area contributed by atoms with Crippen LogP contribution in [0.15, 0.2) is 0 Å². The van der Waals surface area contributed by atoms with Crippen LogP contribution >= 0.6 is 0 Å². The van der Waals surface area contributed by atoms with Crippen LogP contribution < -0.4 is 5.32 Å². The molecule has 3 atom stereocenters. The molecule has 0 amide bonds. The van der Waals surface area contributed by atoms with Crippen molar-refractivity contribution >= 4 is 0 Å². The van der Waals surface area contributed by atoms with Gasteiger partial charge in [0.2, 0.25) is 0 Å². The summed E-state index contributed by atoms with van der Waals surface area (Å²) in [4.78, 5) is 0. The molecule has 3 unspecified atom stereocenters. The zero-order chi connectivity index (χ0) is 12.6.